The summed E-state index contributed by atoms with van der Waals surface area (Å²) in [4.78, 5) is 0. The summed E-state index contributed by atoms with van der Waals surface area (Å²) in [7, 11) is 0. The van der Waals surface area contributed by atoms with Crippen molar-refractivity contribution < 1.29 is 19.7 Å². The second-order valence-corrected chi connectivity index (χ2v) is 3.76. The van der Waals surface area contributed by atoms with E-state index < -0.39 is 18.5 Å². The first-order valence-electron chi connectivity index (χ1n) is 4.67. The molecule has 1 rings (SSSR count). The molecule has 4 nitrogen and oxygen atoms in total. The van der Waals surface area contributed by atoms with Crippen LogP contribution >= 0.6 is 0 Å². The van der Waals surface area contributed by atoms with Gasteiger partial charge in [0.15, 0.2) is 6.29 Å². The molecule has 0 bridgehead atoms. The Morgan fingerprint density at radius 2 is 1.92 bits per heavy atom. The van der Waals surface area contributed by atoms with Crippen LogP contribution in [0, 0.1) is 0 Å². The molecule has 4 heteroatoms. The van der Waals surface area contributed by atoms with E-state index in [2.05, 4.69) is 0 Å². The molecule has 0 aromatic heterocycles. The van der Waals surface area contributed by atoms with E-state index in [-0.39, 0.29) is 12.2 Å². The zero-order chi connectivity index (χ0) is 10.0. The fourth-order valence-electron chi connectivity index (χ4n) is 1.33. The largest absolute Gasteiger partial charge is 0.390 e. The molecule has 4 atom stereocenters. The zero-order valence-corrected chi connectivity index (χ0v) is 8.30. The van der Waals surface area contributed by atoms with Crippen molar-refractivity contribution in [3.63, 3.8) is 0 Å². The highest BCUT2D eigenvalue weighted by Gasteiger charge is 2.34. The first-order chi connectivity index (χ1) is 6.00. The lowest BCUT2D eigenvalue weighted by atomic mass is 10.0. The smallest absolute Gasteiger partial charge is 0.184 e. The predicted molar refractivity (Wildman–Crippen MR) is 47.2 cm³/mol. The molecule has 78 valence electrons. The predicted octanol–water partition coefficient (Wildman–Crippen LogP) is 0.268. The van der Waals surface area contributed by atoms with Crippen LogP contribution in [0.25, 0.3) is 0 Å². The minimum atomic E-state index is -0.728. The molecular weight excluding hydrogens is 172 g/mol. The minimum Gasteiger partial charge on any atom is -0.390 e. The van der Waals surface area contributed by atoms with Crippen molar-refractivity contribution in [2.24, 2.45) is 0 Å². The molecule has 1 aliphatic heterocycles. The highest BCUT2D eigenvalue weighted by atomic mass is 16.7. The van der Waals surface area contributed by atoms with Gasteiger partial charge >= 0.3 is 0 Å². The zero-order valence-electron chi connectivity index (χ0n) is 8.30. The molecule has 0 amide bonds. The maximum absolute atomic E-state index is 9.50. The lowest BCUT2D eigenvalue weighted by Gasteiger charge is -2.36. The molecule has 1 saturated heterocycles. The van der Waals surface area contributed by atoms with Crippen LogP contribution in [0.2, 0.25) is 0 Å². The van der Waals surface area contributed by atoms with Crippen molar-refractivity contribution in [3.05, 3.63) is 0 Å². The quantitative estimate of drug-likeness (QED) is 0.656. The Balaban J connectivity index is 2.46. The number of hydrogen-bond acceptors (Lipinski definition) is 4. The summed E-state index contributed by atoms with van der Waals surface area (Å²) in [6.45, 7) is 5.53. The van der Waals surface area contributed by atoms with Gasteiger partial charge in [-0.15, -0.1) is 0 Å². The molecule has 1 aliphatic rings. The van der Waals surface area contributed by atoms with Crippen LogP contribution in [0.1, 0.15) is 27.2 Å². The van der Waals surface area contributed by atoms with Gasteiger partial charge in [0.1, 0.15) is 6.10 Å². The fraction of sp³-hybridized carbons (Fsp3) is 1.00. The van der Waals surface area contributed by atoms with E-state index in [9.17, 15) is 10.2 Å². The average Bonchev–Trinajstić information content (AvgIpc) is 1.99. The number of ether oxygens (including phenoxy) is 2. The average molecular weight is 190 g/mol. The van der Waals surface area contributed by atoms with Crippen molar-refractivity contribution in [2.45, 2.75) is 57.9 Å². The van der Waals surface area contributed by atoms with E-state index in [1.54, 1.807) is 6.92 Å². The van der Waals surface area contributed by atoms with Gasteiger partial charge in [-0.3, -0.25) is 0 Å². The lowest BCUT2D eigenvalue weighted by molar-refractivity contribution is -0.271. The molecule has 0 spiro atoms. The highest BCUT2D eigenvalue weighted by Crippen LogP contribution is 2.21. The third kappa shape index (κ3) is 2.91. The Hall–Kier alpha value is -0.160. The summed E-state index contributed by atoms with van der Waals surface area (Å²) >= 11 is 0. The van der Waals surface area contributed by atoms with E-state index >= 15 is 0 Å². The number of rotatable bonds is 2. The lowest BCUT2D eigenvalue weighted by Crippen LogP contribution is -2.47. The molecule has 0 aromatic rings. The molecule has 1 fully saturated rings. The SMILES string of the molecule is CC(C)OC1OC(C)C(O)CC1O. The molecule has 0 aromatic carbocycles. The van der Waals surface area contributed by atoms with Gasteiger partial charge in [0.05, 0.1) is 18.3 Å². The van der Waals surface area contributed by atoms with Gasteiger partial charge in [0, 0.05) is 6.42 Å². The van der Waals surface area contributed by atoms with Crippen LogP contribution in [0.4, 0.5) is 0 Å². The van der Waals surface area contributed by atoms with Crippen molar-refractivity contribution in [1.82, 2.24) is 0 Å². The Morgan fingerprint density at radius 3 is 2.46 bits per heavy atom. The van der Waals surface area contributed by atoms with Gasteiger partial charge in [-0.2, -0.15) is 0 Å². The molecule has 0 aliphatic carbocycles. The Morgan fingerprint density at radius 1 is 1.31 bits per heavy atom. The van der Waals surface area contributed by atoms with Crippen molar-refractivity contribution in [1.29, 1.82) is 0 Å². The second kappa shape index (κ2) is 4.37. The molecule has 4 unspecified atom stereocenters. The van der Waals surface area contributed by atoms with Crippen LogP contribution < -0.4 is 0 Å². The first-order valence-corrected chi connectivity index (χ1v) is 4.67. The summed E-state index contributed by atoms with van der Waals surface area (Å²) in [6.07, 6.45) is -1.86. The van der Waals surface area contributed by atoms with Crippen molar-refractivity contribution in [2.75, 3.05) is 0 Å². The third-order valence-corrected chi connectivity index (χ3v) is 2.09. The topological polar surface area (TPSA) is 58.9 Å². The normalized spacial score (nSPS) is 41.1. The standard InChI is InChI=1S/C9H18O4/c1-5(2)12-9-8(11)4-7(10)6(3)13-9/h5-11H,4H2,1-3H3. The Labute approximate surface area is 78.5 Å². The molecule has 2 N–H and O–H groups in total. The molecule has 13 heavy (non-hydrogen) atoms. The van der Waals surface area contributed by atoms with E-state index in [1.807, 2.05) is 13.8 Å². The molecule has 0 radical (unpaired) electrons. The third-order valence-electron chi connectivity index (χ3n) is 2.09. The molecule has 1 heterocycles. The summed E-state index contributed by atoms with van der Waals surface area (Å²) in [5.74, 6) is 0. The highest BCUT2D eigenvalue weighted by molar-refractivity contribution is 4.78. The number of hydrogen-bond donors (Lipinski definition) is 2. The van der Waals surface area contributed by atoms with Gasteiger partial charge < -0.3 is 19.7 Å². The molecular formula is C9H18O4. The van der Waals surface area contributed by atoms with Gasteiger partial charge in [-0.25, -0.2) is 0 Å². The number of aliphatic hydroxyl groups excluding tert-OH is 2. The van der Waals surface area contributed by atoms with Crippen LogP contribution in [-0.2, 0) is 9.47 Å². The van der Waals surface area contributed by atoms with Crippen LogP contribution in [0.5, 0.6) is 0 Å². The first kappa shape index (κ1) is 10.9. The Bertz CT molecular complexity index is 160. The van der Waals surface area contributed by atoms with E-state index in [4.69, 9.17) is 9.47 Å². The number of aliphatic hydroxyl groups is 2. The summed E-state index contributed by atoms with van der Waals surface area (Å²) in [6, 6.07) is 0. The van der Waals surface area contributed by atoms with Crippen LogP contribution in [-0.4, -0.2) is 40.9 Å². The summed E-state index contributed by atoms with van der Waals surface area (Å²) in [5, 5.41) is 18.9. The van der Waals surface area contributed by atoms with Crippen molar-refractivity contribution >= 4 is 0 Å². The molecule has 0 saturated carbocycles. The summed E-state index contributed by atoms with van der Waals surface area (Å²) < 4.78 is 10.6. The van der Waals surface area contributed by atoms with Gasteiger partial charge in [-0.1, -0.05) is 0 Å². The maximum atomic E-state index is 9.50. The van der Waals surface area contributed by atoms with Crippen molar-refractivity contribution in [3.8, 4) is 0 Å². The van der Waals surface area contributed by atoms with Crippen LogP contribution in [0.15, 0.2) is 0 Å². The second-order valence-electron chi connectivity index (χ2n) is 3.76. The van der Waals surface area contributed by atoms with Gasteiger partial charge in [-0.05, 0) is 20.8 Å². The van der Waals surface area contributed by atoms with E-state index in [1.165, 1.54) is 0 Å². The van der Waals surface area contributed by atoms with Gasteiger partial charge in [0.2, 0.25) is 0 Å². The fourth-order valence-corrected chi connectivity index (χ4v) is 1.33. The summed E-state index contributed by atoms with van der Waals surface area (Å²) in [5.41, 5.74) is 0. The minimum absolute atomic E-state index is 0.0158. The van der Waals surface area contributed by atoms with E-state index in [0.29, 0.717) is 6.42 Å². The van der Waals surface area contributed by atoms with Crippen LogP contribution in [0.3, 0.4) is 0 Å². The van der Waals surface area contributed by atoms with Gasteiger partial charge in [0.25, 0.3) is 0 Å². The maximum Gasteiger partial charge on any atom is 0.184 e. The van der Waals surface area contributed by atoms with E-state index in [0.717, 1.165) is 0 Å². The monoisotopic (exact) mass is 190 g/mol. The Kier molecular flexibility index (Phi) is 3.67.